The van der Waals surface area contributed by atoms with Crippen LogP contribution in [0, 0.1) is 0 Å². The minimum atomic E-state index is 0.664. The van der Waals surface area contributed by atoms with E-state index in [9.17, 15) is 0 Å². The summed E-state index contributed by atoms with van der Waals surface area (Å²) in [6, 6.07) is 8.45. The van der Waals surface area contributed by atoms with Crippen molar-refractivity contribution in [3.8, 4) is 0 Å². The zero-order valence-corrected chi connectivity index (χ0v) is 13.6. The van der Waals surface area contributed by atoms with E-state index in [4.69, 9.17) is 4.74 Å². The highest BCUT2D eigenvalue weighted by atomic mass is 16.5. The Kier molecular flexibility index (Phi) is 8.28. The van der Waals surface area contributed by atoms with Gasteiger partial charge in [0.2, 0.25) is 0 Å². The van der Waals surface area contributed by atoms with E-state index >= 15 is 0 Å². The summed E-state index contributed by atoms with van der Waals surface area (Å²) in [6.45, 7) is 7.77. The Labute approximate surface area is 128 Å². The molecular weight excluding hydrogens is 264 g/mol. The maximum Gasteiger partial charge on any atom is 0.191 e. The summed E-state index contributed by atoms with van der Waals surface area (Å²) in [5, 5.41) is 6.50. The molecule has 2 N–H and O–H groups in total. The van der Waals surface area contributed by atoms with Crippen LogP contribution in [-0.4, -0.2) is 46.4 Å². The summed E-state index contributed by atoms with van der Waals surface area (Å²) in [6.07, 6.45) is 0. The molecule has 0 fully saturated rings. The second-order valence-corrected chi connectivity index (χ2v) is 4.88. The van der Waals surface area contributed by atoms with Gasteiger partial charge in [0.1, 0.15) is 0 Å². The van der Waals surface area contributed by atoms with Gasteiger partial charge in [-0.25, -0.2) is 4.99 Å². The van der Waals surface area contributed by atoms with Crippen LogP contribution < -0.4 is 15.5 Å². The van der Waals surface area contributed by atoms with Crippen molar-refractivity contribution in [2.24, 2.45) is 4.99 Å². The minimum Gasteiger partial charge on any atom is -0.380 e. The summed E-state index contributed by atoms with van der Waals surface area (Å²) in [5.41, 5.74) is 2.40. The van der Waals surface area contributed by atoms with Crippen LogP contribution in [0.1, 0.15) is 19.4 Å². The van der Waals surface area contributed by atoms with Crippen molar-refractivity contribution in [2.75, 3.05) is 45.3 Å². The molecular formula is C16H28N4O. The zero-order chi connectivity index (χ0) is 15.5. The van der Waals surface area contributed by atoms with E-state index in [-0.39, 0.29) is 0 Å². The van der Waals surface area contributed by atoms with Crippen molar-refractivity contribution in [3.63, 3.8) is 0 Å². The Morgan fingerprint density at radius 3 is 2.43 bits per heavy atom. The molecule has 0 saturated heterocycles. The standard InChI is InChI=1S/C16H28N4O/c1-5-17-16(18-11-12-21-6-2)19-13-14-7-9-15(10-8-14)20(3)4/h7-10H,5-6,11-13H2,1-4H3,(H2,17,18,19). The first-order valence-electron chi connectivity index (χ1n) is 7.53. The van der Waals surface area contributed by atoms with Gasteiger partial charge in [0, 0.05) is 39.5 Å². The van der Waals surface area contributed by atoms with Crippen LogP contribution >= 0.6 is 0 Å². The van der Waals surface area contributed by atoms with E-state index in [0.717, 1.165) is 25.7 Å². The maximum absolute atomic E-state index is 5.31. The molecule has 21 heavy (non-hydrogen) atoms. The minimum absolute atomic E-state index is 0.664. The number of guanidine groups is 1. The Morgan fingerprint density at radius 1 is 1.14 bits per heavy atom. The Bertz CT molecular complexity index is 415. The third-order valence-corrected chi connectivity index (χ3v) is 2.96. The van der Waals surface area contributed by atoms with Gasteiger partial charge in [0.15, 0.2) is 5.96 Å². The Morgan fingerprint density at radius 2 is 1.86 bits per heavy atom. The molecule has 0 aliphatic carbocycles. The van der Waals surface area contributed by atoms with Crippen molar-refractivity contribution >= 4 is 11.6 Å². The van der Waals surface area contributed by atoms with Crippen LogP contribution in [0.5, 0.6) is 0 Å². The molecule has 5 heteroatoms. The van der Waals surface area contributed by atoms with Gasteiger partial charge >= 0.3 is 0 Å². The van der Waals surface area contributed by atoms with E-state index < -0.39 is 0 Å². The highest BCUT2D eigenvalue weighted by Gasteiger charge is 1.98. The van der Waals surface area contributed by atoms with Crippen molar-refractivity contribution in [3.05, 3.63) is 29.8 Å². The molecule has 0 unspecified atom stereocenters. The topological polar surface area (TPSA) is 48.9 Å². The number of aliphatic imine (C=N–C) groups is 1. The number of hydrogen-bond acceptors (Lipinski definition) is 3. The maximum atomic E-state index is 5.31. The number of benzene rings is 1. The van der Waals surface area contributed by atoms with Gasteiger partial charge in [-0.15, -0.1) is 0 Å². The number of nitrogens with zero attached hydrogens (tertiary/aromatic N) is 2. The van der Waals surface area contributed by atoms with Crippen LogP contribution in [0.25, 0.3) is 0 Å². The smallest absolute Gasteiger partial charge is 0.191 e. The Hall–Kier alpha value is -1.75. The van der Waals surface area contributed by atoms with Crippen LogP contribution in [0.3, 0.4) is 0 Å². The van der Waals surface area contributed by atoms with Gasteiger partial charge in [-0.05, 0) is 31.5 Å². The van der Waals surface area contributed by atoms with Crippen LogP contribution in [-0.2, 0) is 11.3 Å². The first kappa shape index (κ1) is 17.3. The molecule has 0 radical (unpaired) electrons. The summed E-state index contributed by atoms with van der Waals surface area (Å²) in [4.78, 5) is 6.67. The van der Waals surface area contributed by atoms with E-state index in [0.29, 0.717) is 13.2 Å². The lowest BCUT2D eigenvalue weighted by Gasteiger charge is -2.13. The molecule has 1 aromatic carbocycles. The lowest BCUT2D eigenvalue weighted by molar-refractivity contribution is 0.152. The predicted octanol–water partition coefficient (Wildman–Crippen LogP) is 1.84. The fourth-order valence-electron chi connectivity index (χ4n) is 1.80. The highest BCUT2D eigenvalue weighted by molar-refractivity contribution is 5.79. The molecule has 0 heterocycles. The van der Waals surface area contributed by atoms with Crippen molar-refractivity contribution in [1.29, 1.82) is 0 Å². The predicted molar refractivity (Wildman–Crippen MR) is 90.1 cm³/mol. The number of hydrogen-bond donors (Lipinski definition) is 2. The molecule has 0 spiro atoms. The number of rotatable bonds is 8. The monoisotopic (exact) mass is 292 g/mol. The highest BCUT2D eigenvalue weighted by Crippen LogP contribution is 2.12. The average Bonchev–Trinajstić information content (AvgIpc) is 2.49. The van der Waals surface area contributed by atoms with Gasteiger partial charge in [0.05, 0.1) is 13.2 Å². The average molecular weight is 292 g/mol. The molecule has 0 aliphatic rings. The van der Waals surface area contributed by atoms with Crippen molar-refractivity contribution in [2.45, 2.75) is 20.4 Å². The fourth-order valence-corrected chi connectivity index (χ4v) is 1.80. The normalized spacial score (nSPS) is 11.3. The molecule has 0 bridgehead atoms. The molecule has 1 aromatic rings. The van der Waals surface area contributed by atoms with Gasteiger partial charge in [0.25, 0.3) is 0 Å². The van der Waals surface area contributed by atoms with Gasteiger partial charge in [-0.1, -0.05) is 12.1 Å². The summed E-state index contributed by atoms with van der Waals surface area (Å²) >= 11 is 0. The van der Waals surface area contributed by atoms with Gasteiger partial charge in [-0.2, -0.15) is 0 Å². The van der Waals surface area contributed by atoms with E-state index in [1.54, 1.807) is 0 Å². The molecule has 0 saturated carbocycles. The van der Waals surface area contributed by atoms with Crippen molar-refractivity contribution < 1.29 is 4.74 Å². The third-order valence-electron chi connectivity index (χ3n) is 2.96. The number of ether oxygens (including phenoxy) is 1. The molecule has 0 atom stereocenters. The quantitative estimate of drug-likeness (QED) is 0.436. The second-order valence-electron chi connectivity index (χ2n) is 4.88. The SMILES string of the molecule is CCNC(=NCc1ccc(N(C)C)cc1)NCCOCC. The Balaban J connectivity index is 2.51. The summed E-state index contributed by atoms with van der Waals surface area (Å²) < 4.78 is 5.31. The lowest BCUT2D eigenvalue weighted by Crippen LogP contribution is -2.39. The summed E-state index contributed by atoms with van der Waals surface area (Å²) in [7, 11) is 4.08. The van der Waals surface area contributed by atoms with E-state index in [2.05, 4.69) is 51.7 Å². The number of nitrogens with one attached hydrogen (secondary N) is 2. The lowest BCUT2D eigenvalue weighted by atomic mass is 10.2. The summed E-state index contributed by atoms with van der Waals surface area (Å²) in [5.74, 6) is 0.828. The first-order chi connectivity index (χ1) is 10.2. The largest absolute Gasteiger partial charge is 0.380 e. The molecule has 1 rings (SSSR count). The molecule has 118 valence electrons. The number of anilines is 1. The first-order valence-corrected chi connectivity index (χ1v) is 7.53. The van der Waals surface area contributed by atoms with E-state index in [1.807, 2.05) is 21.0 Å². The fraction of sp³-hybridized carbons (Fsp3) is 0.562. The van der Waals surface area contributed by atoms with Crippen LogP contribution in [0.4, 0.5) is 5.69 Å². The van der Waals surface area contributed by atoms with Crippen LogP contribution in [0.2, 0.25) is 0 Å². The zero-order valence-electron chi connectivity index (χ0n) is 13.6. The second kappa shape index (κ2) is 10.0. The van der Waals surface area contributed by atoms with Gasteiger partial charge < -0.3 is 20.3 Å². The van der Waals surface area contributed by atoms with Gasteiger partial charge in [-0.3, -0.25) is 0 Å². The molecule has 0 aliphatic heterocycles. The third kappa shape index (κ3) is 6.99. The molecule has 5 nitrogen and oxygen atoms in total. The van der Waals surface area contributed by atoms with Crippen LogP contribution in [0.15, 0.2) is 29.3 Å². The molecule has 0 amide bonds. The van der Waals surface area contributed by atoms with E-state index in [1.165, 1.54) is 11.3 Å². The molecule has 0 aromatic heterocycles. The van der Waals surface area contributed by atoms with Crippen molar-refractivity contribution in [1.82, 2.24) is 10.6 Å².